The second-order valence-electron chi connectivity index (χ2n) is 4.64. The molecular weight excluding hydrogens is 299 g/mol. The highest BCUT2D eigenvalue weighted by Gasteiger charge is 2.17. The van der Waals surface area contributed by atoms with Gasteiger partial charge in [-0.25, -0.2) is 27.6 Å². The van der Waals surface area contributed by atoms with Gasteiger partial charge in [-0.1, -0.05) is 0 Å². The molecule has 0 fully saturated rings. The van der Waals surface area contributed by atoms with Gasteiger partial charge in [-0.2, -0.15) is 5.10 Å². The van der Waals surface area contributed by atoms with Crippen LogP contribution < -0.4 is 9.88 Å². The van der Waals surface area contributed by atoms with E-state index in [1.807, 2.05) is 13.8 Å². The van der Waals surface area contributed by atoms with E-state index in [2.05, 4.69) is 10.1 Å². The summed E-state index contributed by atoms with van der Waals surface area (Å²) >= 11 is 0. The Morgan fingerprint density at radius 2 is 2.14 bits per heavy atom. The molecule has 21 heavy (non-hydrogen) atoms. The SMILES string of the molecule is CC(C)n1ncnc1COc1ccc(F)cc1S(N)(=O)=O. The van der Waals surface area contributed by atoms with Gasteiger partial charge in [0.2, 0.25) is 10.0 Å². The molecule has 0 saturated heterocycles. The van der Waals surface area contributed by atoms with Crippen LogP contribution in [0.4, 0.5) is 4.39 Å². The number of ether oxygens (including phenoxy) is 1. The first-order valence-corrected chi connectivity index (χ1v) is 7.67. The number of nitrogens with zero attached hydrogens (tertiary/aromatic N) is 3. The molecule has 114 valence electrons. The van der Waals surface area contributed by atoms with E-state index in [0.29, 0.717) is 5.82 Å². The predicted molar refractivity (Wildman–Crippen MR) is 72.5 cm³/mol. The lowest BCUT2D eigenvalue weighted by molar-refractivity contribution is 0.275. The second-order valence-corrected chi connectivity index (χ2v) is 6.17. The van der Waals surface area contributed by atoms with Gasteiger partial charge < -0.3 is 4.74 Å². The van der Waals surface area contributed by atoms with Crippen LogP contribution in [0.3, 0.4) is 0 Å². The monoisotopic (exact) mass is 314 g/mol. The Hall–Kier alpha value is -2.00. The summed E-state index contributed by atoms with van der Waals surface area (Å²) in [7, 11) is -4.08. The number of rotatable bonds is 5. The minimum absolute atomic E-state index is 0.00761. The van der Waals surface area contributed by atoms with Gasteiger partial charge in [0, 0.05) is 6.04 Å². The summed E-state index contributed by atoms with van der Waals surface area (Å²) < 4.78 is 43.1. The zero-order valence-corrected chi connectivity index (χ0v) is 12.3. The molecular formula is C12H15FN4O3S. The Labute approximate surface area is 121 Å². The normalized spacial score (nSPS) is 11.9. The van der Waals surface area contributed by atoms with Gasteiger partial charge in [0.15, 0.2) is 5.82 Å². The molecule has 9 heteroatoms. The van der Waals surface area contributed by atoms with E-state index in [0.717, 1.165) is 12.1 Å². The largest absolute Gasteiger partial charge is 0.484 e. The molecule has 0 bridgehead atoms. The van der Waals surface area contributed by atoms with Crippen molar-refractivity contribution in [3.8, 4) is 5.75 Å². The second kappa shape index (κ2) is 5.78. The third kappa shape index (κ3) is 3.56. The summed E-state index contributed by atoms with van der Waals surface area (Å²) in [5.41, 5.74) is 0. The number of aromatic nitrogens is 3. The molecule has 0 atom stereocenters. The van der Waals surface area contributed by atoms with Crippen LogP contribution >= 0.6 is 0 Å². The van der Waals surface area contributed by atoms with Crippen LogP contribution in [0.25, 0.3) is 0 Å². The van der Waals surface area contributed by atoms with E-state index in [-0.39, 0.29) is 18.4 Å². The summed E-state index contributed by atoms with van der Waals surface area (Å²) in [6.07, 6.45) is 1.38. The molecule has 0 unspecified atom stereocenters. The molecule has 0 spiro atoms. The van der Waals surface area contributed by atoms with E-state index >= 15 is 0 Å². The number of sulfonamides is 1. The molecule has 0 saturated carbocycles. The Morgan fingerprint density at radius 1 is 1.43 bits per heavy atom. The van der Waals surface area contributed by atoms with Crippen molar-refractivity contribution in [1.82, 2.24) is 14.8 Å². The lowest BCUT2D eigenvalue weighted by Crippen LogP contribution is -2.15. The zero-order valence-electron chi connectivity index (χ0n) is 11.5. The summed E-state index contributed by atoms with van der Waals surface area (Å²) in [5.74, 6) is -0.219. The molecule has 0 amide bonds. The molecule has 1 aromatic heterocycles. The molecule has 7 nitrogen and oxygen atoms in total. The first-order valence-electron chi connectivity index (χ1n) is 6.12. The van der Waals surface area contributed by atoms with Crippen molar-refractivity contribution < 1.29 is 17.5 Å². The lowest BCUT2D eigenvalue weighted by atomic mass is 10.3. The molecule has 0 aliphatic rings. The third-order valence-corrected chi connectivity index (χ3v) is 3.64. The van der Waals surface area contributed by atoms with E-state index in [9.17, 15) is 12.8 Å². The molecule has 2 aromatic rings. The number of nitrogens with two attached hydrogens (primary N) is 1. The third-order valence-electron chi connectivity index (χ3n) is 2.71. The van der Waals surface area contributed by atoms with Crippen molar-refractivity contribution >= 4 is 10.0 Å². The molecule has 0 aliphatic carbocycles. The van der Waals surface area contributed by atoms with E-state index in [1.165, 1.54) is 12.4 Å². The maximum Gasteiger partial charge on any atom is 0.241 e. The van der Waals surface area contributed by atoms with E-state index in [4.69, 9.17) is 9.88 Å². The quantitative estimate of drug-likeness (QED) is 0.894. The Morgan fingerprint density at radius 3 is 2.76 bits per heavy atom. The van der Waals surface area contributed by atoms with Gasteiger partial charge >= 0.3 is 0 Å². The number of primary sulfonamides is 1. The van der Waals surface area contributed by atoms with Crippen molar-refractivity contribution in [1.29, 1.82) is 0 Å². The molecule has 1 aromatic carbocycles. The average molecular weight is 314 g/mol. The molecule has 2 rings (SSSR count). The van der Waals surface area contributed by atoms with Crippen LogP contribution in [0.5, 0.6) is 5.75 Å². The topological polar surface area (TPSA) is 100 Å². The minimum Gasteiger partial charge on any atom is -0.484 e. The molecule has 0 aliphatic heterocycles. The fourth-order valence-corrected chi connectivity index (χ4v) is 2.46. The van der Waals surface area contributed by atoms with Gasteiger partial charge in [0.05, 0.1) is 0 Å². The first kappa shape index (κ1) is 15.4. The van der Waals surface area contributed by atoms with Crippen molar-refractivity contribution in [3.05, 3.63) is 36.2 Å². The van der Waals surface area contributed by atoms with Crippen LogP contribution in [0.2, 0.25) is 0 Å². The van der Waals surface area contributed by atoms with Crippen LogP contribution in [0.15, 0.2) is 29.4 Å². The molecule has 2 N–H and O–H groups in total. The number of hydrogen-bond donors (Lipinski definition) is 1. The minimum atomic E-state index is -4.08. The predicted octanol–water partition coefficient (Wildman–Crippen LogP) is 1.22. The Bertz CT molecular complexity index is 743. The maximum absolute atomic E-state index is 13.2. The summed E-state index contributed by atoms with van der Waals surface area (Å²) in [5, 5.41) is 9.08. The Balaban J connectivity index is 2.27. The van der Waals surface area contributed by atoms with Crippen molar-refractivity contribution in [2.24, 2.45) is 5.14 Å². The lowest BCUT2D eigenvalue weighted by Gasteiger charge is -2.12. The van der Waals surface area contributed by atoms with Crippen molar-refractivity contribution in [2.75, 3.05) is 0 Å². The van der Waals surface area contributed by atoms with Gasteiger partial charge in [-0.05, 0) is 32.0 Å². The van der Waals surface area contributed by atoms with Crippen molar-refractivity contribution in [2.45, 2.75) is 31.4 Å². The standard InChI is InChI=1S/C12H15FN4O3S/c1-8(2)17-12(15-7-16-17)6-20-10-4-3-9(13)5-11(10)21(14,18)19/h3-5,7-8H,6H2,1-2H3,(H2,14,18,19). The highest BCUT2D eigenvalue weighted by atomic mass is 32.2. The fourth-order valence-electron chi connectivity index (χ4n) is 1.77. The highest BCUT2D eigenvalue weighted by Crippen LogP contribution is 2.24. The summed E-state index contributed by atoms with van der Waals surface area (Å²) in [6, 6.07) is 3.21. The summed E-state index contributed by atoms with van der Waals surface area (Å²) in [6.45, 7) is 3.84. The summed E-state index contributed by atoms with van der Waals surface area (Å²) in [4.78, 5) is 3.63. The molecule has 1 heterocycles. The van der Waals surface area contributed by atoms with Crippen LogP contribution in [0, 0.1) is 5.82 Å². The molecule has 0 radical (unpaired) electrons. The average Bonchev–Trinajstić information content (AvgIpc) is 2.84. The van der Waals surface area contributed by atoms with Crippen molar-refractivity contribution in [3.63, 3.8) is 0 Å². The first-order chi connectivity index (χ1) is 9.79. The van der Waals surface area contributed by atoms with Crippen LogP contribution in [-0.4, -0.2) is 23.2 Å². The highest BCUT2D eigenvalue weighted by molar-refractivity contribution is 7.89. The fraction of sp³-hybridized carbons (Fsp3) is 0.333. The number of hydrogen-bond acceptors (Lipinski definition) is 5. The van der Waals surface area contributed by atoms with Crippen LogP contribution in [-0.2, 0) is 16.6 Å². The van der Waals surface area contributed by atoms with Crippen LogP contribution in [0.1, 0.15) is 25.7 Å². The van der Waals surface area contributed by atoms with Gasteiger partial charge in [0.25, 0.3) is 0 Å². The van der Waals surface area contributed by atoms with E-state index in [1.54, 1.807) is 4.68 Å². The zero-order chi connectivity index (χ0) is 15.6. The van der Waals surface area contributed by atoms with Gasteiger partial charge in [-0.3, -0.25) is 0 Å². The maximum atomic E-state index is 13.2. The Kier molecular flexibility index (Phi) is 4.24. The smallest absolute Gasteiger partial charge is 0.241 e. The van der Waals surface area contributed by atoms with Gasteiger partial charge in [0.1, 0.15) is 29.4 Å². The number of benzene rings is 1. The van der Waals surface area contributed by atoms with Gasteiger partial charge in [-0.15, -0.1) is 0 Å². The van der Waals surface area contributed by atoms with E-state index < -0.39 is 20.7 Å². The number of halogens is 1.